The van der Waals surface area contributed by atoms with Crippen LogP contribution in [-0.2, 0) is 0 Å². The number of rotatable bonds is 4. The van der Waals surface area contributed by atoms with Crippen LogP contribution in [0.3, 0.4) is 0 Å². The molecule has 1 aromatic heterocycles. The average molecular weight is 411 g/mol. The van der Waals surface area contributed by atoms with Gasteiger partial charge in [-0.1, -0.05) is 64.5 Å². The molecule has 0 radical (unpaired) electrons. The highest BCUT2D eigenvalue weighted by molar-refractivity contribution is 9.10. The zero-order valence-corrected chi connectivity index (χ0v) is 15.6. The third-order valence-electron chi connectivity index (χ3n) is 3.54. The zero-order chi connectivity index (χ0) is 17.6. The Kier molecular flexibility index (Phi) is 5.58. The highest BCUT2D eigenvalue weighted by Crippen LogP contribution is 2.19. The minimum atomic E-state index is -0.142. The molecule has 3 nitrogen and oxygen atoms in total. The van der Waals surface area contributed by atoms with E-state index in [-0.39, 0.29) is 5.76 Å². The number of hydrogen-bond donors (Lipinski definition) is 1. The molecule has 124 valence electrons. The largest absolute Gasteiger partial charge is 0.867 e. The summed E-state index contributed by atoms with van der Waals surface area (Å²) in [7, 11) is 0. The SMILES string of the molecule is [O-]/C(=C(/C(=S)Nc1ccccc1)[n+]1ccccc1)c1ccc(Br)cc1. The van der Waals surface area contributed by atoms with E-state index >= 15 is 0 Å². The van der Waals surface area contributed by atoms with Gasteiger partial charge in [0, 0.05) is 22.3 Å². The number of hydrogen-bond acceptors (Lipinski definition) is 2. The van der Waals surface area contributed by atoms with Crippen LogP contribution in [0.2, 0.25) is 0 Å². The summed E-state index contributed by atoms with van der Waals surface area (Å²) in [6, 6.07) is 22.4. The maximum absolute atomic E-state index is 13.1. The van der Waals surface area contributed by atoms with Gasteiger partial charge in [-0.05, 0) is 35.6 Å². The smallest absolute Gasteiger partial charge is 0.238 e. The van der Waals surface area contributed by atoms with Crippen LogP contribution in [0.4, 0.5) is 5.69 Å². The van der Waals surface area contributed by atoms with Crippen LogP contribution in [0.1, 0.15) is 5.56 Å². The van der Waals surface area contributed by atoms with Gasteiger partial charge in [0.15, 0.2) is 17.4 Å². The Morgan fingerprint density at radius 2 is 1.48 bits per heavy atom. The maximum Gasteiger partial charge on any atom is 0.238 e. The maximum atomic E-state index is 13.1. The molecule has 0 saturated carbocycles. The second kappa shape index (κ2) is 8.05. The van der Waals surface area contributed by atoms with Crippen molar-refractivity contribution in [2.45, 2.75) is 0 Å². The van der Waals surface area contributed by atoms with Crippen LogP contribution in [-0.4, -0.2) is 4.99 Å². The van der Waals surface area contributed by atoms with E-state index in [1.807, 2.05) is 73.1 Å². The normalized spacial score (nSPS) is 11.6. The van der Waals surface area contributed by atoms with Crippen molar-refractivity contribution in [2.24, 2.45) is 0 Å². The van der Waals surface area contributed by atoms with Crippen molar-refractivity contribution < 1.29 is 9.67 Å². The summed E-state index contributed by atoms with van der Waals surface area (Å²) < 4.78 is 2.66. The Balaban J connectivity index is 2.05. The van der Waals surface area contributed by atoms with Gasteiger partial charge in [0.05, 0.1) is 0 Å². The Hall–Kier alpha value is -2.50. The lowest BCUT2D eigenvalue weighted by molar-refractivity contribution is -0.577. The van der Waals surface area contributed by atoms with Gasteiger partial charge in [-0.25, -0.2) is 0 Å². The van der Waals surface area contributed by atoms with E-state index in [4.69, 9.17) is 12.2 Å². The fraction of sp³-hybridized carbons (Fsp3) is 0. The predicted octanol–water partition coefficient (Wildman–Crippen LogP) is 3.86. The highest BCUT2D eigenvalue weighted by Gasteiger charge is 2.18. The fourth-order valence-corrected chi connectivity index (χ4v) is 2.92. The molecule has 2 aromatic carbocycles. The zero-order valence-electron chi connectivity index (χ0n) is 13.2. The quantitative estimate of drug-likeness (QED) is 0.307. The van der Waals surface area contributed by atoms with Crippen molar-refractivity contribution in [1.82, 2.24) is 0 Å². The van der Waals surface area contributed by atoms with Crippen molar-refractivity contribution in [1.29, 1.82) is 0 Å². The van der Waals surface area contributed by atoms with Gasteiger partial charge in [0.25, 0.3) is 0 Å². The molecular formula is C20H15BrN2OS. The Morgan fingerprint density at radius 3 is 2.12 bits per heavy atom. The standard InChI is InChI=1S/C20H15BrN2OS/c21-16-11-9-15(10-12-16)19(24)18(23-13-5-2-6-14-23)20(25)22-17-7-3-1-4-8-17/h1-14H,(H-,22,24,25). The summed E-state index contributed by atoms with van der Waals surface area (Å²) in [6.07, 6.45) is 3.62. The second-order valence-electron chi connectivity index (χ2n) is 5.29. The number of nitrogens with one attached hydrogen (secondary N) is 1. The first-order chi connectivity index (χ1) is 12.1. The number of nitrogens with zero attached hydrogens (tertiary/aromatic N) is 1. The van der Waals surface area contributed by atoms with Crippen LogP contribution in [0, 0.1) is 0 Å². The van der Waals surface area contributed by atoms with Gasteiger partial charge in [-0.2, -0.15) is 4.57 Å². The number of benzene rings is 2. The number of anilines is 1. The summed E-state index contributed by atoms with van der Waals surface area (Å²) >= 11 is 8.93. The molecule has 25 heavy (non-hydrogen) atoms. The van der Waals surface area contributed by atoms with E-state index in [1.165, 1.54) is 0 Å². The molecule has 1 heterocycles. The second-order valence-corrected chi connectivity index (χ2v) is 6.61. The number of para-hydroxylation sites is 1. The molecule has 3 aromatic rings. The molecule has 0 unspecified atom stereocenters. The van der Waals surface area contributed by atoms with Crippen LogP contribution in [0.5, 0.6) is 0 Å². The van der Waals surface area contributed by atoms with Crippen LogP contribution < -0.4 is 15.0 Å². The van der Waals surface area contributed by atoms with E-state index in [0.717, 1.165) is 10.2 Å². The predicted molar refractivity (Wildman–Crippen MR) is 107 cm³/mol. The Labute approximate surface area is 160 Å². The third-order valence-corrected chi connectivity index (χ3v) is 4.37. The van der Waals surface area contributed by atoms with Crippen molar-refractivity contribution in [2.75, 3.05) is 5.32 Å². The first kappa shape index (κ1) is 17.3. The number of halogens is 1. The van der Waals surface area contributed by atoms with E-state index in [0.29, 0.717) is 16.2 Å². The molecule has 0 spiro atoms. The fourth-order valence-electron chi connectivity index (χ4n) is 2.34. The summed E-state index contributed by atoms with van der Waals surface area (Å²) in [6.45, 7) is 0. The lowest BCUT2D eigenvalue weighted by atomic mass is 10.1. The molecule has 0 bridgehead atoms. The number of aromatic nitrogens is 1. The van der Waals surface area contributed by atoms with Crippen LogP contribution >= 0.6 is 28.1 Å². The molecule has 3 rings (SSSR count). The lowest BCUT2D eigenvalue weighted by Gasteiger charge is -2.17. The minimum absolute atomic E-state index is 0.142. The molecule has 0 amide bonds. The van der Waals surface area contributed by atoms with Gasteiger partial charge < -0.3 is 10.4 Å². The average Bonchev–Trinajstić information content (AvgIpc) is 2.64. The van der Waals surface area contributed by atoms with Crippen LogP contribution in [0.25, 0.3) is 11.5 Å². The van der Waals surface area contributed by atoms with Gasteiger partial charge in [0.2, 0.25) is 5.70 Å². The van der Waals surface area contributed by atoms with E-state index < -0.39 is 0 Å². The van der Waals surface area contributed by atoms with Gasteiger partial charge in [0.1, 0.15) is 0 Å². The highest BCUT2D eigenvalue weighted by atomic mass is 79.9. The molecule has 0 saturated heterocycles. The van der Waals surface area contributed by atoms with Gasteiger partial charge in [-0.15, -0.1) is 0 Å². The Morgan fingerprint density at radius 1 is 0.880 bits per heavy atom. The van der Waals surface area contributed by atoms with Crippen molar-refractivity contribution in [3.05, 3.63) is 95.2 Å². The van der Waals surface area contributed by atoms with Gasteiger partial charge >= 0.3 is 0 Å². The van der Waals surface area contributed by atoms with E-state index in [9.17, 15) is 5.11 Å². The molecule has 0 aliphatic rings. The first-order valence-electron chi connectivity index (χ1n) is 7.65. The topological polar surface area (TPSA) is 39.0 Å². The number of pyridine rings is 1. The van der Waals surface area contributed by atoms with Gasteiger partial charge in [-0.3, -0.25) is 0 Å². The third kappa shape index (κ3) is 4.32. The summed E-state index contributed by atoms with van der Waals surface area (Å²) in [5, 5.41) is 16.2. The van der Waals surface area contributed by atoms with Crippen molar-refractivity contribution in [3.8, 4) is 0 Å². The molecule has 0 aliphatic carbocycles. The summed E-state index contributed by atoms with van der Waals surface area (Å²) in [5.74, 6) is -0.142. The van der Waals surface area contributed by atoms with Crippen molar-refractivity contribution in [3.63, 3.8) is 0 Å². The summed E-state index contributed by atoms with van der Waals surface area (Å²) in [5.41, 5.74) is 1.82. The monoisotopic (exact) mass is 410 g/mol. The molecule has 0 atom stereocenters. The molecule has 5 heteroatoms. The molecular weight excluding hydrogens is 396 g/mol. The van der Waals surface area contributed by atoms with E-state index in [1.54, 1.807) is 16.7 Å². The molecule has 0 fully saturated rings. The minimum Gasteiger partial charge on any atom is -0.867 e. The lowest BCUT2D eigenvalue weighted by Crippen LogP contribution is -2.39. The van der Waals surface area contributed by atoms with Crippen molar-refractivity contribution >= 4 is 50.3 Å². The van der Waals surface area contributed by atoms with Crippen LogP contribution in [0.15, 0.2) is 89.7 Å². The molecule has 1 N–H and O–H groups in total. The molecule has 0 aliphatic heterocycles. The number of thiocarbonyl (C=S) groups is 1. The first-order valence-corrected chi connectivity index (χ1v) is 8.85. The Bertz CT molecular complexity index is 894. The summed E-state index contributed by atoms with van der Waals surface area (Å²) in [4.78, 5) is 0.371. The van der Waals surface area contributed by atoms with E-state index in [2.05, 4.69) is 21.2 Å².